The highest BCUT2D eigenvalue weighted by Crippen LogP contribution is 2.27. The van der Waals surface area contributed by atoms with Crippen LogP contribution in [0, 0.1) is 0 Å². The number of hydrogen-bond donors (Lipinski definition) is 2. The zero-order valence-electron chi connectivity index (χ0n) is 16.6. The van der Waals surface area contributed by atoms with E-state index in [1.165, 1.54) is 0 Å². The quantitative estimate of drug-likeness (QED) is 0.764. The fraction of sp³-hybridized carbons (Fsp3) is 0.476. The Morgan fingerprint density at radius 3 is 2.43 bits per heavy atom. The summed E-state index contributed by atoms with van der Waals surface area (Å²) in [6, 6.07) is 9.31. The molecule has 0 atom stereocenters. The monoisotopic (exact) mass is 383 g/mol. The van der Waals surface area contributed by atoms with E-state index < -0.39 is 5.54 Å². The van der Waals surface area contributed by atoms with Gasteiger partial charge >= 0.3 is 0 Å². The number of rotatable bonds is 7. The van der Waals surface area contributed by atoms with Crippen molar-refractivity contribution in [3.63, 3.8) is 0 Å². The minimum Gasteiger partial charge on any atom is -0.350 e. The van der Waals surface area contributed by atoms with Crippen LogP contribution in [0.4, 0.5) is 0 Å². The highest BCUT2D eigenvalue weighted by atomic mass is 16.2. The number of nitrogens with zero attached hydrogens (tertiary/aromatic N) is 3. The molecule has 1 aromatic heterocycles. The molecule has 0 radical (unpaired) electrons. The second-order valence-electron chi connectivity index (χ2n) is 7.09. The molecule has 0 bridgehead atoms. The minimum absolute atomic E-state index is 0.0130. The molecule has 1 aromatic carbocycles. The number of hydrogen-bond acceptors (Lipinski definition) is 4. The summed E-state index contributed by atoms with van der Waals surface area (Å²) in [6.45, 7) is 7.33. The lowest BCUT2D eigenvalue weighted by molar-refractivity contribution is -0.132. The summed E-state index contributed by atoms with van der Waals surface area (Å²) in [5.41, 5.74) is 0.993. The van der Waals surface area contributed by atoms with Gasteiger partial charge in [0.25, 0.3) is 5.91 Å². The molecule has 1 saturated heterocycles. The van der Waals surface area contributed by atoms with Crippen molar-refractivity contribution >= 4 is 11.8 Å². The van der Waals surface area contributed by atoms with Crippen molar-refractivity contribution in [3.8, 4) is 0 Å². The lowest BCUT2D eigenvalue weighted by Gasteiger charge is -2.36. The van der Waals surface area contributed by atoms with Gasteiger partial charge in [-0.25, -0.2) is 0 Å². The van der Waals surface area contributed by atoms with Crippen LogP contribution in [-0.4, -0.2) is 52.7 Å². The number of amides is 2. The molecule has 2 heterocycles. The van der Waals surface area contributed by atoms with Crippen LogP contribution in [0.25, 0.3) is 0 Å². The molecule has 0 spiro atoms. The molecule has 28 heavy (non-hydrogen) atoms. The molecule has 7 heteroatoms. The summed E-state index contributed by atoms with van der Waals surface area (Å²) in [6.07, 6.45) is 4.98. The Kier molecular flexibility index (Phi) is 6.46. The number of carbonyl (C=O) groups excluding carboxylic acids is 2. The van der Waals surface area contributed by atoms with Gasteiger partial charge in [-0.05, 0) is 63.5 Å². The number of carbonyl (C=O) groups is 2. The molecule has 7 nitrogen and oxygen atoms in total. The Morgan fingerprint density at radius 1 is 1.18 bits per heavy atom. The second-order valence-corrected chi connectivity index (χ2v) is 7.09. The van der Waals surface area contributed by atoms with E-state index >= 15 is 0 Å². The van der Waals surface area contributed by atoms with Gasteiger partial charge in [-0.2, -0.15) is 5.10 Å². The van der Waals surface area contributed by atoms with Crippen molar-refractivity contribution in [2.24, 2.45) is 0 Å². The van der Waals surface area contributed by atoms with Gasteiger partial charge in [0.1, 0.15) is 5.54 Å². The van der Waals surface area contributed by atoms with E-state index in [-0.39, 0.29) is 11.8 Å². The van der Waals surface area contributed by atoms with Gasteiger partial charge in [0.2, 0.25) is 5.91 Å². The zero-order valence-corrected chi connectivity index (χ0v) is 16.6. The van der Waals surface area contributed by atoms with E-state index in [0.29, 0.717) is 38.0 Å². The highest BCUT2D eigenvalue weighted by Gasteiger charge is 2.41. The van der Waals surface area contributed by atoms with Crippen LogP contribution >= 0.6 is 0 Å². The molecule has 0 saturated carbocycles. The van der Waals surface area contributed by atoms with Crippen molar-refractivity contribution in [1.82, 2.24) is 25.3 Å². The molecule has 2 amide bonds. The van der Waals surface area contributed by atoms with Crippen molar-refractivity contribution < 1.29 is 9.59 Å². The van der Waals surface area contributed by atoms with E-state index in [2.05, 4.69) is 15.7 Å². The van der Waals surface area contributed by atoms with Gasteiger partial charge in [-0.15, -0.1) is 0 Å². The average Bonchev–Trinajstić information content (AvgIpc) is 3.29. The molecule has 2 aromatic rings. The summed E-state index contributed by atoms with van der Waals surface area (Å²) < 4.78 is 1.79. The minimum atomic E-state index is -0.645. The summed E-state index contributed by atoms with van der Waals surface area (Å²) in [7, 11) is 0. The van der Waals surface area contributed by atoms with E-state index in [1.807, 2.05) is 50.4 Å². The van der Waals surface area contributed by atoms with Gasteiger partial charge in [0.15, 0.2) is 0 Å². The molecule has 1 aliphatic heterocycles. The maximum absolute atomic E-state index is 13.1. The van der Waals surface area contributed by atoms with E-state index in [4.69, 9.17) is 0 Å². The van der Waals surface area contributed by atoms with Crippen LogP contribution in [0.2, 0.25) is 0 Å². The second kappa shape index (κ2) is 9.01. The maximum atomic E-state index is 13.1. The van der Waals surface area contributed by atoms with Crippen LogP contribution in [0.5, 0.6) is 0 Å². The number of benzene rings is 1. The Hall–Kier alpha value is -2.67. The predicted molar refractivity (Wildman–Crippen MR) is 108 cm³/mol. The third-order valence-corrected chi connectivity index (χ3v) is 5.50. The first-order chi connectivity index (χ1) is 13.6. The lowest BCUT2D eigenvalue weighted by Crippen LogP contribution is -2.54. The predicted octanol–water partition coefficient (Wildman–Crippen LogP) is 1.76. The molecule has 150 valence electrons. The van der Waals surface area contributed by atoms with Crippen LogP contribution in [-0.2, 0) is 16.9 Å². The number of nitrogens with one attached hydrogen (secondary N) is 2. The molecule has 0 aliphatic carbocycles. The SMILES string of the molecule is CCN(CC)C(=O)c1ccc(CNC(=O)C2(n3cccn3)CCNCC2)cc1. The van der Waals surface area contributed by atoms with Crippen molar-refractivity contribution in [2.45, 2.75) is 38.8 Å². The fourth-order valence-electron chi connectivity index (χ4n) is 3.73. The number of aromatic nitrogens is 2. The van der Waals surface area contributed by atoms with Gasteiger partial charge in [0.05, 0.1) is 0 Å². The Balaban J connectivity index is 1.66. The fourth-order valence-corrected chi connectivity index (χ4v) is 3.73. The van der Waals surface area contributed by atoms with Gasteiger partial charge in [0, 0.05) is 37.6 Å². The topological polar surface area (TPSA) is 79.3 Å². The van der Waals surface area contributed by atoms with Crippen molar-refractivity contribution in [2.75, 3.05) is 26.2 Å². The Labute approximate surface area is 166 Å². The van der Waals surface area contributed by atoms with Crippen LogP contribution in [0.3, 0.4) is 0 Å². The van der Waals surface area contributed by atoms with E-state index in [1.54, 1.807) is 15.8 Å². The third kappa shape index (κ3) is 4.09. The third-order valence-electron chi connectivity index (χ3n) is 5.50. The zero-order chi connectivity index (χ0) is 20.0. The standard InChI is InChI=1S/C21H29N5O2/c1-3-25(4-2)19(27)18-8-6-17(7-9-18)16-23-20(28)21(10-13-22-14-11-21)26-15-5-12-24-26/h5-9,12,15,22H,3-4,10-11,13-14,16H2,1-2H3,(H,23,28). The average molecular weight is 383 g/mol. The van der Waals surface area contributed by atoms with Gasteiger partial charge in [-0.3, -0.25) is 14.3 Å². The Morgan fingerprint density at radius 2 is 1.86 bits per heavy atom. The first kappa shape index (κ1) is 20.1. The molecular weight excluding hydrogens is 354 g/mol. The van der Waals surface area contributed by atoms with Gasteiger partial charge < -0.3 is 15.5 Å². The first-order valence-corrected chi connectivity index (χ1v) is 9.98. The van der Waals surface area contributed by atoms with Crippen molar-refractivity contribution in [1.29, 1.82) is 0 Å². The molecule has 1 fully saturated rings. The van der Waals surface area contributed by atoms with E-state index in [0.717, 1.165) is 18.7 Å². The van der Waals surface area contributed by atoms with E-state index in [9.17, 15) is 9.59 Å². The molecule has 1 aliphatic rings. The smallest absolute Gasteiger partial charge is 0.253 e. The van der Waals surface area contributed by atoms with Crippen molar-refractivity contribution in [3.05, 3.63) is 53.9 Å². The Bertz CT molecular complexity index is 776. The summed E-state index contributed by atoms with van der Waals surface area (Å²) in [5.74, 6) is 0.0221. The number of piperidine rings is 1. The largest absolute Gasteiger partial charge is 0.350 e. The molecule has 0 unspecified atom stereocenters. The van der Waals surface area contributed by atoms with Crippen LogP contribution < -0.4 is 10.6 Å². The molecule has 3 rings (SSSR count). The van der Waals surface area contributed by atoms with Gasteiger partial charge in [-0.1, -0.05) is 12.1 Å². The lowest BCUT2D eigenvalue weighted by atomic mass is 9.87. The summed E-state index contributed by atoms with van der Waals surface area (Å²) in [4.78, 5) is 27.3. The summed E-state index contributed by atoms with van der Waals surface area (Å²) in [5, 5.41) is 10.7. The van der Waals surface area contributed by atoms with Crippen LogP contribution in [0.15, 0.2) is 42.7 Å². The maximum Gasteiger partial charge on any atom is 0.253 e. The highest BCUT2D eigenvalue weighted by molar-refractivity contribution is 5.94. The summed E-state index contributed by atoms with van der Waals surface area (Å²) >= 11 is 0. The first-order valence-electron chi connectivity index (χ1n) is 9.98. The molecular formula is C21H29N5O2. The normalized spacial score (nSPS) is 15.8. The molecule has 2 N–H and O–H groups in total. The van der Waals surface area contributed by atoms with Crippen LogP contribution in [0.1, 0.15) is 42.6 Å².